The Labute approximate surface area is 190 Å². The molecule has 0 unspecified atom stereocenters. The van der Waals surface area contributed by atoms with Crippen LogP contribution in [0.2, 0.25) is 0 Å². The first kappa shape index (κ1) is 24.1. The molecule has 5 rings (SSSR count). The molecule has 2 aromatic rings. The molecule has 0 radical (unpaired) electrons. The van der Waals surface area contributed by atoms with Gasteiger partial charge in [-0.25, -0.2) is 4.98 Å². The van der Waals surface area contributed by atoms with Crippen LogP contribution in [0, 0.1) is 5.92 Å². The van der Waals surface area contributed by atoms with E-state index in [9.17, 15) is 4.79 Å². The lowest BCUT2D eigenvalue weighted by atomic mass is 9.83. The molecule has 2 bridgehead atoms. The van der Waals surface area contributed by atoms with E-state index in [4.69, 9.17) is 19.8 Å². The molecular weight excluding hydrogens is 432 g/mol. The number of carboxylic acid groups (broad SMARTS) is 2. The molecule has 174 valence electrons. The molecule has 5 heterocycles. The maximum absolute atomic E-state index is 13.1. The second kappa shape index (κ2) is 11.9. The zero-order valence-corrected chi connectivity index (χ0v) is 18.8. The normalized spacial score (nSPS) is 22.0. The van der Waals surface area contributed by atoms with Gasteiger partial charge >= 0.3 is 0 Å². The van der Waals surface area contributed by atoms with E-state index in [1.165, 1.54) is 30.7 Å². The largest absolute Gasteiger partial charge is 0.483 e. The third-order valence-electron chi connectivity index (χ3n) is 6.22. The summed E-state index contributed by atoms with van der Waals surface area (Å²) in [4.78, 5) is 39.2. The molecule has 0 saturated carbocycles. The molecule has 0 aromatic carbocycles. The van der Waals surface area contributed by atoms with Crippen LogP contribution in [0.25, 0.3) is 0 Å². The molecule has 0 amide bonds. The summed E-state index contributed by atoms with van der Waals surface area (Å²) in [5.74, 6) is 1.06. The van der Waals surface area contributed by atoms with Crippen molar-refractivity contribution in [2.24, 2.45) is 5.92 Å². The van der Waals surface area contributed by atoms with Gasteiger partial charge in [0.2, 0.25) is 0 Å². The van der Waals surface area contributed by atoms with Crippen LogP contribution in [0.5, 0.6) is 0 Å². The van der Waals surface area contributed by atoms with Crippen LogP contribution >= 0.6 is 11.3 Å². The second-order valence-electron chi connectivity index (χ2n) is 8.37. The van der Waals surface area contributed by atoms with E-state index in [0.717, 1.165) is 51.4 Å². The number of rotatable bonds is 4. The quantitative estimate of drug-likeness (QED) is 0.662. The summed E-state index contributed by atoms with van der Waals surface area (Å²) in [7, 11) is 0. The molecule has 3 aliphatic heterocycles. The Morgan fingerprint density at radius 3 is 2.41 bits per heavy atom. The first-order valence-corrected chi connectivity index (χ1v) is 11.7. The van der Waals surface area contributed by atoms with Crippen molar-refractivity contribution in [3.8, 4) is 0 Å². The molecule has 2 atom stereocenters. The van der Waals surface area contributed by atoms with Crippen molar-refractivity contribution in [3.05, 3.63) is 50.3 Å². The maximum atomic E-state index is 13.1. The van der Waals surface area contributed by atoms with Crippen LogP contribution in [0.15, 0.2) is 27.8 Å². The molecule has 2 fully saturated rings. The number of hydrogen-bond donors (Lipinski definition) is 2. The summed E-state index contributed by atoms with van der Waals surface area (Å²) in [6.45, 7) is 6.54. The first-order valence-electron chi connectivity index (χ1n) is 10.8. The lowest BCUT2D eigenvalue weighted by Crippen LogP contribution is -2.47. The Morgan fingerprint density at radius 1 is 1.03 bits per heavy atom. The summed E-state index contributed by atoms with van der Waals surface area (Å²) in [6, 6.07) is 4.34. The van der Waals surface area contributed by atoms with Crippen molar-refractivity contribution in [2.75, 3.05) is 26.2 Å². The molecule has 9 nitrogen and oxygen atoms in total. The third kappa shape index (κ3) is 6.02. The SMILES string of the molecule is O=CO.O=CO.O=c1c(CN2CCCC2)ccc2n1C[C@H]1C[C@@H]2CN(Cc2cscn2)C1. The molecule has 0 spiro atoms. The third-order valence-corrected chi connectivity index (χ3v) is 6.86. The van der Waals surface area contributed by atoms with E-state index in [1.54, 1.807) is 11.3 Å². The fraction of sp³-hybridized carbons (Fsp3) is 0.545. The van der Waals surface area contributed by atoms with Gasteiger partial charge in [-0.15, -0.1) is 11.3 Å². The summed E-state index contributed by atoms with van der Waals surface area (Å²) < 4.78 is 2.10. The van der Waals surface area contributed by atoms with Gasteiger partial charge in [-0.05, 0) is 44.3 Å². The smallest absolute Gasteiger partial charge is 0.290 e. The lowest BCUT2D eigenvalue weighted by molar-refractivity contribution is -0.123. The number of piperidine rings is 1. The first-order chi connectivity index (χ1) is 15.6. The Balaban J connectivity index is 0.000000437. The second-order valence-corrected chi connectivity index (χ2v) is 9.08. The Kier molecular flexibility index (Phi) is 8.95. The summed E-state index contributed by atoms with van der Waals surface area (Å²) in [5, 5.41) is 15.9. The Hall–Kier alpha value is -2.56. The summed E-state index contributed by atoms with van der Waals surface area (Å²) >= 11 is 1.67. The van der Waals surface area contributed by atoms with Gasteiger partial charge in [-0.1, -0.05) is 6.07 Å². The number of aromatic nitrogens is 2. The predicted molar refractivity (Wildman–Crippen MR) is 121 cm³/mol. The zero-order valence-electron chi connectivity index (χ0n) is 18.0. The van der Waals surface area contributed by atoms with Crippen LogP contribution in [0.3, 0.4) is 0 Å². The van der Waals surface area contributed by atoms with Gasteiger partial charge in [0, 0.05) is 55.3 Å². The number of pyridine rings is 1. The zero-order chi connectivity index (χ0) is 22.9. The van der Waals surface area contributed by atoms with Crippen molar-refractivity contribution < 1.29 is 19.8 Å². The number of carbonyl (C=O) groups is 2. The molecule has 32 heavy (non-hydrogen) atoms. The van der Waals surface area contributed by atoms with Crippen LogP contribution in [0.1, 0.15) is 42.1 Å². The van der Waals surface area contributed by atoms with Crippen LogP contribution in [-0.2, 0) is 29.2 Å². The van der Waals surface area contributed by atoms with E-state index in [2.05, 4.69) is 36.9 Å². The topological polar surface area (TPSA) is 116 Å². The van der Waals surface area contributed by atoms with Crippen LogP contribution in [0.4, 0.5) is 0 Å². The maximum Gasteiger partial charge on any atom is 0.290 e. The Morgan fingerprint density at radius 2 is 1.75 bits per heavy atom. The van der Waals surface area contributed by atoms with Crippen LogP contribution < -0.4 is 5.56 Å². The lowest BCUT2D eigenvalue weighted by Gasteiger charge is -2.42. The van der Waals surface area contributed by atoms with Gasteiger partial charge in [0.1, 0.15) is 0 Å². The monoisotopic (exact) mass is 462 g/mol. The van der Waals surface area contributed by atoms with Gasteiger partial charge in [0.15, 0.2) is 0 Å². The number of likely N-dealkylation sites (tertiary alicyclic amines) is 2. The van der Waals surface area contributed by atoms with Gasteiger partial charge in [0.05, 0.1) is 11.2 Å². The van der Waals surface area contributed by atoms with E-state index in [0.29, 0.717) is 11.8 Å². The predicted octanol–water partition coefficient (Wildman–Crippen LogP) is 1.92. The van der Waals surface area contributed by atoms with Crippen molar-refractivity contribution in [2.45, 2.75) is 44.8 Å². The van der Waals surface area contributed by atoms with Crippen molar-refractivity contribution in [1.82, 2.24) is 19.4 Å². The number of nitrogens with zero attached hydrogens (tertiary/aromatic N) is 4. The molecule has 2 N–H and O–H groups in total. The van der Waals surface area contributed by atoms with E-state index in [1.807, 2.05) is 5.51 Å². The minimum Gasteiger partial charge on any atom is -0.483 e. The average molecular weight is 463 g/mol. The molecule has 2 saturated heterocycles. The van der Waals surface area contributed by atoms with Gasteiger partial charge in [-0.3, -0.25) is 24.2 Å². The number of fused-ring (bicyclic) bond motifs is 4. The average Bonchev–Trinajstić information content (AvgIpc) is 3.46. The molecule has 0 aliphatic carbocycles. The highest BCUT2D eigenvalue weighted by Gasteiger charge is 2.35. The minimum atomic E-state index is -0.250. The minimum absolute atomic E-state index is 0.250. The van der Waals surface area contributed by atoms with E-state index < -0.39 is 0 Å². The molecule has 3 aliphatic rings. The summed E-state index contributed by atoms with van der Waals surface area (Å²) in [5.41, 5.74) is 5.58. The fourth-order valence-electron chi connectivity index (χ4n) is 5.07. The molecule has 10 heteroatoms. The summed E-state index contributed by atoms with van der Waals surface area (Å²) in [6.07, 6.45) is 3.76. The van der Waals surface area contributed by atoms with E-state index in [-0.39, 0.29) is 18.5 Å². The van der Waals surface area contributed by atoms with Gasteiger partial charge < -0.3 is 14.8 Å². The standard InChI is InChI=1S/C20H26N4OS.2CH2O2/c25-20-16(10-22-5-1-2-6-22)3-4-19-17-7-15(9-24(19)20)8-23(11-17)12-18-13-26-14-21-18;2*2-1-3/h3-4,13-15,17H,1-2,5-12H2;2*1H,(H,2,3)/t15-,17+;;/m0../s1. The van der Waals surface area contributed by atoms with Crippen molar-refractivity contribution in [3.63, 3.8) is 0 Å². The van der Waals surface area contributed by atoms with Crippen LogP contribution in [-0.4, -0.2) is 68.7 Å². The van der Waals surface area contributed by atoms with Gasteiger partial charge in [-0.2, -0.15) is 0 Å². The van der Waals surface area contributed by atoms with Gasteiger partial charge in [0.25, 0.3) is 18.5 Å². The Bertz CT molecular complexity index is 921. The highest BCUT2D eigenvalue weighted by atomic mass is 32.1. The van der Waals surface area contributed by atoms with E-state index >= 15 is 0 Å². The number of thiazole rings is 1. The number of hydrogen-bond acceptors (Lipinski definition) is 7. The fourth-order valence-corrected chi connectivity index (χ4v) is 5.62. The molecule has 2 aromatic heterocycles. The van der Waals surface area contributed by atoms with Crippen molar-refractivity contribution >= 4 is 24.3 Å². The molecular formula is C22H30N4O5S. The highest BCUT2D eigenvalue weighted by molar-refractivity contribution is 7.07. The van der Waals surface area contributed by atoms with Crippen molar-refractivity contribution in [1.29, 1.82) is 0 Å². The highest BCUT2D eigenvalue weighted by Crippen LogP contribution is 2.35.